The predicted molar refractivity (Wildman–Crippen MR) is 145 cm³/mol. The van der Waals surface area contributed by atoms with E-state index in [1.54, 1.807) is 0 Å². The summed E-state index contributed by atoms with van der Waals surface area (Å²) < 4.78 is 0. The van der Waals surface area contributed by atoms with Crippen LogP contribution < -0.4 is 27.4 Å². The van der Waals surface area contributed by atoms with Crippen LogP contribution in [0.2, 0.25) is 0 Å². The molecule has 0 aliphatic rings. The van der Waals surface area contributed by atoms with Gasteiger partial charge in [-0.05, 0) is 90.9 Å². The summed E-state index contributed by atoms with van der Waals surface area (Å²) in [7, 11) is 0. The summed E-state index contributed by atoms with van der Waals surface area (Å²) >= 11 is 0. The zero-order valence-electron chi connectivity index (χ0n) is 16.0. The molecule has 0 spiro atoms. The van der Waals surface area contributed by atoms with Crippen LogP contribution in [0.5, 0.6) is 0 Å². The lowest BCUT2D eigenvalue weighted by atomic mass is 10.2. The Hall–Kier alpha value is 2.20. The van der Waals surface area contributed by atoms with Crippen LogP contribution in [0.25, 0.3) is 0 Å². The van der Waals surface area contributed by atoms with Crippen LogP contribution in [-0.2, 0) is 0 Å². The number of halogens is 5. The average Bonchev–Trinajstić information content (AvgIpc) is 2.50. The minimum Gasteiger partial charge on any atom is -0.330 e. The van der Waals surface area contributed by atoms with Crippen LogP contribution >= 0.6 is 84.9 Å². The zero-order valence-corrected chi connectivity index (χ0v) is 24.6. The van der Waals surface area contributed by atoms with Gasteiger partial charge in [-0.3, -0.25) is 0 Å². The van der Waals surface area contributed by atoms with Crippen LogP contribution in [0.4, 0.5) is 0 Å². The molecule has 0 saturated carbocycles. The fraction of sp³-hybridized carbons (Fsp3) is 1.00. The van der Waals surface area contributed by atoms with Crippen molar-refractivity contribution >= 4 is 84.9 Å². The van der Waals surface area contributed by atoms with Gasteiger partial charge >= 0.3 is 0 Å². The summed E-state index contributed by atoms with van der Waals surface area (Å²) in [4.78, 5) is 0. The second kappa shape index (κ2) is 41.5. The van der Waals surface area contributed by atoms with E-state index in [0.717, 1.165) is 65.2 Å². The number of rotatable bonds is 18. The number of unbranched alkanes of at least 4 members (excludes halogenated alkanes) is 4. The van der Waals surface area contributed by atoms with Crippen molar-refractivity contribution in [1.82, 2.24) is 16.0 Å². The van der Waals surface area contributed by atoms with Gasteiger partial charge in [0.05, 0.1) is 0 Å². The fourth-order valence-electron chi connectivity index (χ4n) is 2.19. The van der Waals surface area contributed by atoms with Crippen molar-refractivity contribution < 1.29 is 0 Å². The fourth-order valence-corrected chi connectivity index (χ4v) is 2.19. The van der Waals surface area contributed by atoms with Gasteiger partial charge in [-0.2, -0.15) is 0 Å². The van der Waals surface area contributed by atoms with E-state index in [1.165, 1.54) is 38.5 Å². The molecule has 7 N–H and O–H groups in total. The van der Waals surface area contributed by atoms with Crippen LogP contribution in [-0.4, -0.2) is 52.4 Å². The highest BCUT2D eigenvalue weighted by Gasteiger charge is 1.92. The van der Waals surface area contributed by atoms with E-state index in [4.69, 9.17) is 11.5 Å². The first-order valence-corrected chi connectivity index (χ1v) is 8.94. The predicted octanol–water partition coefficient (Wildman–Crippen LogP) is 3.68. The molecular weight excluding hydrogens is 662 g/mol. The van der Waals surface area contributed by atoms with Gasteiger partial charge in [-0.15, -0.1) is 84.9 Å². The average molecular weight is 706 g/mol. The van der Waals surface area contributed by atoms with E-state index in [9.17, 15) is 0 Å². The minimum atomic E-state index is 0. The van der Waals surface area contributed by atoms with Crippen LogP contribution in [0.3, 0.4) is 0 Å². The van der Waals surface area contributed by atoms with Gasteiger partial charge in [-0.1, -0.05) is 12.8 Å². The van der Waals surface area contributed by atoms with Crippen LogP contribution in [0, 0.1) is 0 Å². The molecule has 26 heavy (non-hydrogen) atoms. The maximum absolute atomic E-state index is 5.46. The van der Waals surface area contributed by atoms with Crippen LogP contribution in [0.15, 0.2) is 0 Å². The summed E-state index contributed by atoms with van der Waals surface area (Å²) in [6, 6.07) is 0. The molecule has 0 heterocycles. The molecule has 0 bridgehead atoms. The number of nitrogens with one attached hydrogen (secondary N) is 3. The number of hydrogen-bond donors (Lipinski definition) is 5. The van der Waals surface area contributed by atoms with Gasteiger partial charge in [0.1, 0.15) is 0 Å². The van der Waals surface area contributed by atoms with Crippen molar-refractivity contribution in [2.75, 3.05) is 52.4 Å². The van der Waals surface area contributed by atoms with E-state index < -0.39 is 0 Å². The zero-order chi connectivity index (χ0) is 15.4. The maximum atomic E-state index is 5.46. The Morgan fingerprint density at radius 2 is 0.615 bits per heavy atom. The summed E-state index contributed by atoms with van der Waals surface area (Å²) in [5.41, 5.74) is 10.9. The van der Waals surface area contributed by atoms with Crippen molar-refractivity contribution in [3.8, 4) is 0 Å². The van der Waals surface area contributed by atoms with Crippen molar-refractivity contribution in [3.05, 3.63) is 0 Å². The molecule has 168 valence electrons. The molecule has 0 radical (unpaired) electrons. The Morgan fingerprint density at radius 3 is 0.885 bits per heavy atom. The second-order valence-corrected chi connectivity index (χ2v) is 5.66. The molecule has 0 unspecified atom stereocenters. The van der Waals surface area contributed by atoms with Crippen molar-refractivity contribution in [3.63, 3.8) is 0 Å². The second-order valence-electron chi connectivity index (χ2n) is 5.66. The Balaban J connectivity index is -0.000000200. The molecule has 5 nitrogen and oxygen atoms in total. The molecule has 0 aromatic rings. The first-order valence-electron chi connectivity index (χ1n) is 8.94. The van der Waals surface area contributed by atoms with Gasteiger partial charge in [0, 0.05) is 0 Å². The Bertz CT molecular complexity index is 178. The third kappa shape index (κ3) is 40.8. The molecule has 0 aromatic heterocycles. The quantitative estimate of drug-likeness (QED) is 0.141. The third-order valence-electron chi connectivity index (χ3n) is 3.53. The molecule has 0 aromatic carbocycles. The molecule has 0 rings (SSSR count). The lowest BCUT2D eigenvalue weighted by molar-refractivity contribution is 0.546. The number of nitrogens with two attached hydrogens (primary N) is 2. The standard InChI is InChI=1S/C16H39N5.5BrH/c17-9-3-1-5-11-19-13-7-15-21-16-8-14-20-12-6-2-4-10-18;;;;;/h19-21H,1-18H2;5*1H. The Morgan fingerprint density at radius 1 is 0.346 bits per heavy atom. The van der Waals surface area contributed by atoms with Crippen molar-refractivity contribution in [2.45, 2.75) is 51.4 Å². The lowest BCUT2D eigenvalue weighted by Crippen LogP contribution is -2.26. The lowest BCUT2D eigenvalue weighted by Gasteiger charge is -2.07. The van der Waals surface area contributed by atoms with Gasteiger partial charge < -0.3 is 27.4 Å². The van der Waals surface area contributed by atoms with Gasteiger partial charge in [0.2, 0.25) is 0 Å². The Kier molecular flexibility index (Phi) is 67.6. The summed E-state index contributed by atoms with van der Waals surface area (Å²) in [6.45, 7) is 8.39. The first-order chi connectivity index (χ1) is 10.4. The molecule has 10 heteroatoms. The monoisotopic (exact) mass is 701 g/mol. The van der Waals surface area contributed by atoms with Gasteiger partial charge in [-0.25, -0.2) is 0 Å². The maximum Gasteiger partial charge on any atom is -0.00368 e. The minimum absolute atomic E-state index is 0. The molecule has 0 aliphatic carbocycles. The molecular formula is C16H44Br5N5. The molecule has 0 amide bonds. The normalized spacial score (nSPS) is 9.00. The topological polar surface area (TPSA) is 88.1 Å². The van der Waals surface area contributed by atoms with E-state index in [-0.39, 0.29) is 84.9 Å². The summed E-state index contributed by atoms with van der Waals surface area (Å²) in [5, 5.41) is 10.5. The summed E-state index contributed by atoms with van der Waals surface area (Å²) in [5.74, 6) is 0. The molecule has 0 saturated heterocycles. The van der Waals surface area contributed by atoms with Gasteiger partial charge in [0.15, 0.2) is 0 Å². The molecule has 0 atom stereocenters. The highest BCUT2D eigenvalue weighted by molar-refractivity contribution is 8.93. The highest BCUT2D eigenvalue weighted by Crippen LogP contribution is 1.91. The van der Waals surface area contributed by atoms with Gasteiger partial charge in [0.25, 0.3) is 0 Å². The smallest absolute Gasteiger partial charge is 0.00368 e. The van der Waals surface area contributed by atoms with Crippen molar-refractivity contribution in [2.24, 2.45) is 11.5 Å². The van der Waals surface area contributed by atoms with E-state index in [0.29, 0.717) is 0 Å². The highest BCUT2D eigenvalue weighted by atomic mass is 79.9. The first kappa shape index (κ1) is 42.3. The van der Waals surface area contributed by atoms with Crippen LogP contribution in [0.1, 0.15) is 51.4 Å². The molecule has 0 fully saturated rings. The summed E-state index contributed by atoms with van der Waals surface area (Å²) in [6.07, 6.45) is 9.74. The Labute approximate surface area is 214 Å². The van der Waals surface area contributed by atoms with E-state index in [1.807, 2.05) is 0 Å². The van der Waals surface area contributed by atoms with Crippen molar-refractivity contribution in [1.29, 1.82) is 0 Å². The van der Waals surface area contributed by atoms with E-state index >= 15 is 0 Å². The molecule has 0 aliphatic heterocycles. The largest absolute Gasteiger partial charge is 0.330 e. The number of hydrogen-bond acceptors (Lipinski definition) is 5. The SMILES string of the molecule is Br.Br.Br.Br.Br.NCCCCCNCCCNCCCNCCCCCN. The third-order valence-corrected chi connectivity index (χ3v) is 3.53. The van der Waals surface area contributed by atoms with E-state index in [2.05, 4.69) is 16.0 Å².